The van der Waals surface area contributed by atoms with Gasteiger partial charge in [0, 0.05) is 6.54 Å². The van der Waals surface area contributed by atoms with Gasteiger partial charge in [-0.3, -0.25) is 0 Å². The summed E-state index contributed by atoms with van der Waals surface area (Å²) in [6.07, 6.45) is 1.40. The Morgan fingerprint density at radius 3 is 2.62 bits per heavy atom. The zero-order chi connectivity index (χ0) is 16.9. The molecule has 0 aliphatic carbocycles. The quantitative estimate of drug-likeness (QED) is 0.370. The highest BCUT2D eigenvalue weighted by atomic mass is 127. The van der Waals surface area contributed by atoms with Gasteiger partial charge in [0.25, 0.3) is 0 Å². The lowest BCUT2D eigenvalue weighted by Gasteiger charge is -2.11. The van der Waals surface area contributed by atoms with E-state index in [-0.39, 0.29) is 40.9 Å². The molecule has 9 heteroatoms. The minimum absolute atomic E-state index is 0. The molecule has 24 heavy (non-hydrogen) atoms. The van der Waals surface area contributed by atoms with Gasteiger partial charge in [-0.1, -0.05) is 6.07 Å². The van der Waals surface area contributed by atoms with Crippen LogP contribution in [0.25, 0.3) is 0 Å². The summed E-state index contributed by atoms with van der Waals surface area (Å²) in [6, 6.07) is 5.51. The van der Waals surface area contributed by atoms with E-state index in [4.69, 9.17) is 15.2 Å². The molecular weight excluding hydrogens is 445 g/mol. The van der Waals surface area contributed by atoms with Crippen molar-refractivity contribution in [2.75, 3.05) is 26.5 Å². The number of nitrogens with zero attached hydrogens (tertiary/aromatic N) is 1. The maximum absolute atomic E-state index is 11.7. The summed E-state index contributed by atoms with van der Waals surface area (Å²) < 4.78 is 33.9. The van der Waals surface area contributed by atoms with Crippen molar-refractivity contribution in [2.24, 2.45) is 10.7 Å². The Balaban J connectivity index is 0.00000288. The molecule has 1 atom stereocenters. The van der Waals surface area contributed by atoms with Crippen LogP contribution in [0.1, 0.15) is 18.4 Å². The average molecular weight is 469 g/mol. The van der Waals surface area contributed by atoms with E-state index in [1.807, 2.05) is 12.1 Å². The number of sulfone groups is 1. The second-order valence-corrected chi connectivity index (χ2v) is 7.80. The van der Waals surface area contributed by atoms with Crippen molar-refractivity contribution in [3.05, 3.63) is 23.8 Å². The fraction of sp³-hybridized carbons (Fsp3) is 0.533. The SMILES string of the molecule is COc1ccc(CN=C(N)NCC2CCCS2(=O)=O)cc1OC.I. The Hall–Kier alpha value is -1.23. The van der Waals surface area contributed by atoms with Gasteiger partial charge in [0.15, 0.2) is 27.3 Å². The summed E-state index contributed by atoms with van der Waals surface area (Å²) in [6.45, 7) is 0.681. The lowest BCUT2D eigenvalue weighted by atomic mass is 10.2. The van der Waals surface area contributed by atoms with Crippen molar-refractivity contribution < 1.29 is 17.9 Å². The summed E-state index contributed by atoms with van der Waals surface area (Å²) in [5.74, 6) is 1.78. The molecule has 2 rings (SSSR count). The summed E-state index contributed by atoms with van der Waals surface area (Å²) >= 11 is 0. The highest BCUT2D eigenvalue weighted by molar-refractivity contribution is 14.0. The average Bonchev–Trinajstić information content (AvgIpc) is 2.89. The van der Waals surface area contributed by atoms with Gasteiger partial charge < -0.3 is 20.5 Å². The topological polar surface area (TPSA) is 103 Å². The molecule has 1 aliphatic heterocycles. The van der Waals surface area contributed by atoms with Crippen LogP contribution >= 0.6 is 24.0 Å². The number of halogens is 1. The van der Waals surface area contributed by atoms with Crippen LogP contribution in [0.4, 0.5) is 0 Å². The van der Waals surface area contributed by atoms with E-state index in [2.05, 4.69) is 10.3 Å². The number of aliphatic imine (C=N–C) groups is 1. The predicted octanol–water partition coefficient (Wildman–Crippen LogP) is 1.30. The minimum atomic E-state index is -2.97. The molecule has 1 fully saturated rings. The van der Waals surface area contributed by atoms with Crippen molar-refractivity contribution in [1.29, 1.82) is 0 Å². The number of ether oxygens (including phenoxy) is 2. The van der Waals surface area contributed by atoms with E-state index in [1.165, 1.54) is 0 Å². The molecule has 0 radical (unpaired) electrons. The van der Waals surface area contributed by atoms with Crippen LogP contribution < -0.4 is 20.5 Å². The monoisotopic (exact) mass is 469 g/mol. The second-order valence-electron chi connectivity index (χ2n) is 5.40. The first-order chi connectivity index (χ1) is 11.0. The van der Waals surface area contributed by atoms with Crippen LogP contribution in [-0.4, -0.2) is 46.1 Å². The zero-order valence-electron chi connectivity index (χ0n) is 13.8. The standard InChI is InChI=1S/C15H23N3O4S.HI/c1-21-13-6-5-11(8-14(13)22-2)9-17-15(16)18-10-12-4-3-7-23(12,19)20;/h5-6,8,12H,3-4,7,9-10H2,1-2H3,(H3,16,17,18);1H. The third-order valence-corrected chi connectivity index (χ3v) is 6.13. The molecule has 1 aromatic carbocycles. The molecule has 0 amide bonds. The van der Waals surface area contributed by atoms with Crippen molar-refractivity contribution >= 4 is 39.8 Å². The number of nitrogens with two attached hydrogens (primary N) is 1. The van der Waals surface area contributed by atoms with Gasteiger partial charge in [0.05, 0.1) is 31.8 Å². The largest absolute Gasteiger partial charge is 0.493 e. The summed E-state index contributed by atoms with van der Waals surface area (Å²) in [7, 11) is 0.180. The Bertz CT molecular complexity index is 679. The van der Waals surface area contributed by atoms with Crippen molar-refractivity contribution in [1.82, 2.24) is 5.32 Å². The molecule has 3 N–H and O–H groups in total. The van der Waals surface area contributed by atoms with Crippen molar-refractivity contribution in [3.63, 3.8) is 0 Å². The molecule has 0 spiro atoms. The molecule has 136 valence electrons. The number of rotatable bonds is 6. The number of hydrogen-bond donors (Lipinski definition) is 2. The number of hydrogen-bond acceptors (Lipinski definition) is 5. The lowest BCUT2D eigenvalue weighted by molar-refractivity contribution is 0.354. The Morgan fingerprint density at radius 1 is 1.33 bits per heavy atom. The Kier molecular flexibility index (Phi) is 8.07. The first-order valence-corrected chi connectivity index (χ1v) is 9.14. The van der Waals surface area contributed by atoms with E-state index in [0.29, 0.717) is 31.0 Å². The van der Waals surface area contributed by atoms with E-state index in [1.54, 1.807) is 20.3 Å². The second kappa shape index (κ2) is 9.30. The van der Waals surface area contributed by atoms with Gasteiger partial charge in [-0.25, -0.2) is 13.4 Å². The van der Waals surface area contributed by atoms with E-state index in [0.717, 1.165) is 12.0 Å². The smallest absolute Gasteiger partial charge is 0.188 e. The predicted molar refractivity (Wildman–Crippen MR) is 105 cm³/mol. The van der Waals surface area contributed by atoms with E-state index >= 15 is 0 Å². The molecule has 7 nitrogen and oxygen atoms in total. The molecule has 0 aromatic heterocycles. The lowest BCUT2D eigenvalue weighted by Crippen LogP contribution is -2.39. The summed E-state index contributed by atoms with van der Waals surface area (Å²) in [4.78, 5) is 4.23. The highest BCUT2D eigenvalue weighted by Crippen LogP contribution is 2.27. The van der Waals surface area contributed by atoms with Gasteiger partial charge in [-0.05, 0) is 30.5 Å². The van der Waals surface area contributed by atoms with Crippen LogP contribution in [0.3, 0.4) is 0 Å². The summed E-state index contributed by atoms with van der Waals surface area (Å²) in [5, 5.41) is 2.53. The van der Waals surface area contributed by atoms with E-state index in [9.17, 15) is 8.42 Å². The molecular formula is C15H24IN3O4S. The maximum atomic E-state index is 11.7. The minimum Gasteiger partial charge on any atom is -0.493 e. The fourth-order valence-corrected chi connectivity index (χ4v) is 4.28. The number of methoxy groups -OCH3 is 2. The first kappa shape index (κ1) is 20.8. The van der Waals surface area contributed by atoms with Crippen molar-refractivity contribution in [3.8, 4) is 11.5 Å². The third kappa shape index (κ3) is 5.40. The van der Waals surface area contributed by atoms with Gasteiger partial charge in [0.2, 0.25) is 0 Å². The third-order valence-electron chi connectivity index (χ3n) is 3.85. The number of nitrogens with one attached hydrogen (secondary N) is 1. The zero-order valence-corrected chi connectivity index (χ0v) is 17.0. The molecule has 1 saturated heterocycles. The Labute approximate surface area is 159 Å². The molecule has 1 unspecified atom stereocenters. The van der Waals surface area contributed by atoms with Crippen LogP contribution in [0.15, 0.2) is 23.2 Å². The van der Waals surface area contributed by atoms with Crippen LogP contribution in [0.5, 0.6) is 11.5 Å². The van der Waals surface area contributed by atoms with Crippen molar-refractivity contribution in [2.45, 2.75) is 24.6 Å². The van der Waals surface area contributed by atoms with Crippen LogP contribution in [0.2, 0.25) is 0 Å². The molecule has 0 bridgehead atoms. The van der Waals surface area contributed by atoms with Gasteiger partial charge in [0.1, 0.15) is 0 Å². The first-order valence-electron chi connectivity index (χ1n) is 7.42. The number of guanidine groups is 1. The fourth-order valence-electron chi connectivity index (χ4n) is 2.52. The van der Waals surface area contributed by atoms with Gasteiger partial charge in [-0.2, -0.15) is 0 Å². The maximum Gasteiger partial charge on any atom is 0.188 e. The highest BCUT2D eigenvalue weighted by Gasteiger charge is 2.30. The molecule has 1 heterocycles. The van der Waals surface area contributed by atoms with Crippen LogP contribution in [0, 0.1) is 0 Å². The molecule has 0 saturated carbocycles. The van der Waals surface area contributed by atoms with Crippen LogP contribution in [-0.2, 0) is 16.4 Å². The van der Waals surface area contributed by atoms with E-state index < -0.39 is 9.84 Å². The normalized spacial score (nSPS) is 19.4. The van der Waals surface area contributed by atoms with Gasteiger partial charge in [-0.15, -0.1) is 24.0 Å². The molecule has 1 aliphatic rings. The molecule has 1 aromatic rings. The Morgan fingerprint density at radius 2 is 2.04 bits per heavy atom. The summed E-state index contributed by atoms with van der Waals surface area (Å²) in [5.41, 5.74) is 6.72. The number of benzene rings is 1. The van der Waals surface area contributed by atoms with Gasteiger partial charge >= 0.3 is 0 Å².